The first-order chi connectivity index (χ1) is 10.6. The lowest BCUT2D eigenvalue weighted by Crippen LogP contribution is -2.45. The number of rotatable bonds is 2. The zero-order valence-electron chi connectivity index (χ0n) is 12.7. The molecule has 2 N–H and O–H groups in total. The Hall–Kier alpha value is -2.10. The molecule has 2 heterocycles. The van der Waals surface area contributed by atoms with Gasteiger partial charge in [0, 0.05) is 31.8 Å². The monoisotopic (exact) mass is 314 g/mol. The van der Waals surface area contributed by atoms with Crippen molar-refractivity contribution in [3.63, 3.8) is 0 Å². The number of thiophene rings is 1. The van der Waals surface area contributed by atoms with Crippen molar-refractivity contribution in [3.05, 3.63) is 45.1 Å². The number of carbonyl (C=O) groups excluding carboxylic acids is 1. The van der Waals surface area contributed by atoms with Crippen LogP contribution in [0.2, 0.25) is 0 Å². The smallest absolute Gasteiger partial charge is 0.161 e. The van der Waals surface area contributed by atoms with Crippen molar-refractivity contribution < 1.29 is 4.79 Å². The highest BCUT2D eigenvalue weighted by Gasteiger charge is 2.40. The van der Waals surface area contributed by atoms with E-state index in [1.807, 2.05) is 40.9 Å². The van der Waals surface area contributed by atoms with E-state index < -0.39 is 0 Å². The molecule has 5 nitrogen and oxygen atoms in total. The quantitative estimate of drug-likeness (QED) is 0.907. The first kappa shape index (κ1) is 14.8. The zero-order chi connectivity index (χ0) is 15.9. The van der Waals surface area contributed by atoms with Gasteiger partial charge in [0.1, 0.15) is 5.82 Å². The van der Waals surface area contributed by atoms with Gasteiger partial charge in [0.05, 0.1) is 17.6 Å². The molecule has 0 spiro atoms. The van der Waals surface area contributed by atoms with Crippen LogP contribution in [0.5, 0.6) is 0 Å². The highest BCUT2D eigenvalue weighted by molar-refractivity contribution is 7.08. The van der Waals surface area contributed by atoms with Crippen LogP contribution in [0.25, 0.3) is 0 Å². The number of hydrogen-bond donors (Lipinski definition) is 1. The van der Waals surface area contributed by atoms with E-state index in [2.05, 4.69) is 6.07 Å². The highest BCUT2D eigenvalue weighted by atomic mass is 32.1. The summed E-state index contributed by atoms with van der Waals surface area (Å²) in [6, 6.07) is 4.21. The summed E-state index contributed by atoms with van der Waals surface area (Å²) in [4.78, 5) is 12.6. The van der Waals surface area contributed by atoms with E-state index in [0.717, 1.165) is 29.7 Å². The van der Waals surface area contributed by atoms with Crippen LogP contribution in [0.1, 0.15) is 30.7 Å². The van der Waals surface area contributed by atoms with Gasteiger partial charge in [-0.1, -0.05) is 0 Å². The largest absolute Gasteiger partial charge is 0.383 e. The summed E-state index contributed by atoms with van der Waals surface area (Å²) >= 11 is 1.56. The fraction of sp³-hybridized carbons (Fsp3) is 0.375. The van der Waals surface area contributed by atoms with E-state index in [1.165, 1.54) is 0 Å². The van der Waals surface area contributed by atoms with Crippen LogP contribution in [0, 0.1) is 11.3 Å². The first-order valence-electron chi connectivity index (χ1n) is 7.21. The Bertz CT molecular complexity index is 709. The summed E-state index contributed by atoms with van der Waals surface area (Å²) in [6.07, 6.45) is 2.17. The number of ketones is 1. The standard InChI is InChI=1S/C16H18N4OS/c1-19(2)20-12-4-3-5-13(21)15(12)14(10-6-7-22-9-10)11(8-17)16(20)18/h6-7,9,14H,3-5,18H2,1-2H3/t14-/m0/s1. The van der Waals surface area contributed by atoms with Crippen molar-refractivity contribution in [2.75, 3.05) is 14.1 Å². The lowest BCUT2D eigenvalue weighted by Gasteiger charge is -2.42. The molecule has 0 unspecified atom stereocenters. The number of nitrogens with two attached hydrogens (primary N) is 1. The molecule has 3 rings (SSSR count). The van der Waals surface area contributed by atoms with E-state index in [1.54, 1.807) is 11.3 Å². The molecule has 0 aromatic carbocycles. The molecule has 1 aliphatic carbocycles. The van der Waals surface area contributed by atoms with Gasteiger partial charge in [-0.2, -0.15) is 16.6 Å². The van der Waals surface area contributed by atoms with Crippen molar-refractivity contribution >= 4 is 17.1 Å². The van der Waals surface area contributed by atoms with Crippen LogP contribution < -0.4 is 5.73 Å². The maximum Gasteiger partial charge on any atom is 0.161 e. The predicted molar refractivity (Wildman–Crippen MR) is 85.3 cm³/mol. The number of hydrogen-bond acceptors (Lipinski definition) is 6. The average molecular weight is 314 g/mol. The molecule has 1 aromatic heterocycles. The van der Waals surface area contributed by atoms with Crippen molar-refractivity contribution in [2.45, 2.75) is 25.2 Å². The third kappa shape index (κ3) is 2.14. The Labute approximate surface area is 133 Å². The number of nitrogens with zero attached hydrogens (tertiary/aromatic N) is 3. The molecule has 1 aliphatic heterocycles. The summed E-state index contributed by atoms with van der Waals surface area (Å²) in [5, 5.41) is 17.3. The molecule has 0 amide bonds. The van der Waals surface area contributed by atoms with E-state index in [9.17, 15) is 10.1 Å². The molecule has 1 aromatic rings. The van der Waals surface area contributed by atoms with Gasteiger partial charge in [-0.15, -0.1) is 0 Å². The molecule has 114 valence electrons. The number of nitriles is 1. The normalized spacial score (nSPS) is 22.2. The third-order valence-electron chi connectivity index (χ3n) is 4.16. The molecule has 0 bridgehead atoms. The minimum Gasteiger partial charge on any atom is -0.383 e. The van der Waals surface area contributed by atoms with Crippen LogP contribution in [0.15, 0.2) is 39.5 Å². The molecule has 6 heteroatoms. The van der Waals surface area contributed by atoms with Crippen molar-refractivity contribution in [1.82, 2.24) is 10.0 Å². The topological polar surface area (TPSA) is 73.4 Å². The molecule has 0 radical (unpaired) electrons. The van der Waals surface area contributed by atoms with Gasteiger partial charge in [-0.3, -0.25) is 9.80 Å². The summed E-state index contributed by atoms with van der Waals surface area (Å²) in [5.74, 6) is 0.233. The number of carbonyl (C=O) groups is 1. The highest BCUT2D eigenvalue weighted by Crippen LogP contribution is 2.45. The van der Waals surface area contributed by atoms with Gasteiger partial charge in [0.25, 0.3) is 0 Å². The maximum atomic E-state index is 12.6. The minimum absolute atomic E-state index is 0.129. The fourth-order valence-corrected chi connectivity index (χ4v) is 3.98. The predicted octanol–water partition coefficient (Wildman–Crippen LogP) is 2.32. The Morgan fingerprint density at radius 1 is 1.45 bits per heavy atom. The molecule has 0 fully saturated rings. The van der Waals surface area contributed by atoms with E-state index in [0.29, 0.717) is 17.8 Å². The second-order valence-electron chi connectivity index (χ2n) is 5.70. The van der Waals surface area contributed by atoms with E-state index in [-0.39, 0.29) is 11.7 Å². The Morgan fingerprint density at radius 2 is 2.23 bits per heavy atom. The molecule has 2 aliphatic rings. The van der Waals surface area contributed by atoms with Gasteiger partial charge in [-0.25, -0.2) is 5.01 Å². The maximum absolute atomic E-state index is 12.6. The van der Waals surface area contributed by atoms with Crippen LogP contribution in [-0.4, -0.2) is 29.9 Å². The lowest BCUT2D eigenvalue weighted by molar-refractivity contribution is -0.116. The summed E-state index contributed by atoms with van der Waals surface area (Å²) in [5.41, 5.74) is 9.40. The second-order valence-corrected chi connectivity index (χ2v) is 6.48. The van der Waals surface area contributed by atoms with Gasteiger partial charge < -0.3 is 5.73 Å². The Balaban J connectivity index is 2.25. The third-order valence-corrected chi connectivity index (χ3v) is 4.86. The molecule has 0 saturated heterocycles. The molecule has 0 saturated carbocycles. The van der Waals surface area contributed by atoms with Crippen LogP contribution in [0.4, 0.5) is 0 Å². The van der Waals surface area contributed by atoms with Gasteiger partial charge in [0.15, 0.2) is 5.78 Å². The van der Waals surface area contributed by atoms with Crippen LogP contribution >= 0.6 is 11.3 Å². The van der Waals surface area contributed by atoms with Crippen LogP contribution in [0.3, 0.4) is 0 Å². The van der Waals surface area contributed by atoms with Crippen molar-refractivity contribution in [2.24, 2.45) is 5.73 Å². The van der Waals surface area contributed by atoms with E-state index in [4.69, 9.17) is 5.73 Å². The summed E-state index contributed by atoms with van der Waals surface area (Å²) in [7, 11) is 3.74. The Kier molecular flexibility index (Phi) is 3.77. The number of hydrazine groups is 1. The van der Waals surface area contributed by atoms with E-state index >= 15 is 0 Å². The second kappa shape index (κ2) is 5.59. The number of Topliss-reactive ketones (excluding diaryl/α,β-unsaturated/α-hetero) is 1. The van der Waals surface area contributed by atoms with Gasteiger partial charge in [0.2, 0.25) is 0 Å². The average Bonchev–Trinajstić information content (AvgIpc) is 2.99. The zero-order valence-corrected chi connectivity index (χ0v) is 13.5. The van der Waals surface area contributed by atoms with Gasteiger partial charge >= 0.3 is 0 Å². The Morgan fingerprint density at radius 3 is 2.82 bits per heavy atom. The minimum atomic E-state index is -0.324. The van der Waals surface area contributed by atoms with Crippen LogP contribution in [-0.2, 0) is 4.79 Å². The molecular formula is C16H18N4OS. The molecule has 22 heavy (non-hydrogen) atoms. The summed E-state index contributed by atoms with van der Waals surface area (Å²) in [6.45, 7) is 0. The number of allylic oxidation sites excluding steroid dienone is 3. The molecule has 1 atom stereocenters. The van der Waals surface area contributed by atoms with Gasteiger partial charge in [-0.05, 0) is 35.2 Å². The SMILES string of the molecule is CN(C)N1C(N)=C(C#N)[C@H](c2ccsc2)C2=C1CCCC2=O. The summed E-state index contributed by atoms with van der Waals surface area (Å²) < 4.78 is 0. The molecular weight excluding hydrogens is 296 g/mol. The van der Waals surface area contributed by atoms with Crippen molar-refractivity contribution in [3.8, 4) is 6.07 Å². The van der Waals surface area contributed by atoms with Crippen molar-refractivity contribution in [1.29, 1.82) is 5.26 Å². The fourth-order valence-electron chi connectivity index (χ4n) is 3.30. The lowest BCUT2D eigenvalue weighted by atomic mass is 9.77. The first-order valence-corrected chi connectivity index (χ1v) is 8.16.